The fraction of sp³-hybridized carbons (Fsp3) is 0.533. The van der Waals surface area contributed by atoms with Crippen LogP contribution >= 0.6 is 0 Å². The standard InChI is InChI=1S/C15H21FN2O/c1-11(2)10-18(9-5-8-17)14-7-4-6-13(16)15(14)12(3)19/h4,6-7,11-12,19H,5,9-10H2,1-3H3/t12-/m0/s1. The number of nitriles is 1. The van der Waals surface area contributed by atoms with Crippen LogP contribution < -0.4 is 4.90 Å². The molecule has 1 aromatic carbocycles. The number of nitrogens with zero attached hydrogens (tertiary/aromatic N) is 2. The van der Waals surface area contributed by atoms with Crippen molar-refractivity contribution in [1.29, 1.82) is 5.26 Å². The Morgan fingerprint density at radius 3 is 2.58 bits per heavy atom. The summed E-state index contributed by atoms with van der Waals surface area (Å²) in [5.41, 5.74) is 0.986. The molecule has 0 spiro atoms. The van der Waals surface area contributed by atoms with Crippen molar-refractivity contribution in [3.63, 3.8) is 0 Å². The molecule has 0 heterocycles. The molecule has 1 atom stereocenters. The molecule has 0 amide bonds. The van der Waals surface area contributed by atoms with Crippen LogP contribution in [-0.4, -0.2) is 18.2 Å². The van der Waals surface area contributed by atoms with Crippen molar-refractivity contribution >= 4 is 5.69 Å². The molecule has 0 unspecified atom stereocenters. The zero-order chi connectivity index (χ0) is 14.4. The number of hydrogen-bond donors (Lipinski definition) is 1. The highest BCUT2D eigenvalue weighted by atomic mass is 19.1. The molecule has 0 aromatic heterocycles. The molecule has 0 radical (unpaired) electrons. The summed E-state index contributed by atoms with van der Waals surface area (Å²) >= 11 is 0. The third-order valence-electron chi connectivity index (χ3n) is 2.87. The monoisotopic (exact) mass is 264 g/mol. The van der Waals surface area contributed by atoms with Crippen LogP contribution in [0.5, 0.6) is 0 Å². The first-order valence-electron chi connectivity index (χ1n) is 6.55. The van der Waals surface area contributed by atoms with Crippen molar-refractivity contribution in [2.45, 2.75) is 33.3 Å². The summed E-state index contributed by atoms with van der Waals surface area (Å²) < 4.78 is 13.9. The van der Waals surface area contributed by atoms with E-state index in [2.05, 4.69) is 19.9 Å². The Morgan fingerprint density at radius 1 is 1.37 bits per heavy atom. The van der Waals surface area contributed by atoms with Gasteiger partial charge in [0.15, 0.2) is 0 Å². The second-order valence-electron chi connectivity index (χ2n) is 5.10. The zero-order valence-corrected chi connectivity index (χ0v) is 11.7. The van der Waals surface area contributed by atoms with Gasteiger partial charge >= 0.3 is 0 Å². The number of aliphatic hydroxyl groups is 1. The van der Waals surface area contributed by atoms with E-state index in [0.717, 1.165) is 6.54 Å². The van der Waals surface area contributed by atoms with E-state index in [0.29, 0.717) is 30.1 Å². The molecule has 0 aliphatic rings. The minimum Gasteiger partial charge on any atom is -0.389 e. The highest BCUT2D eigenvalue weighted by Gasteiger charge is 2.18. The Labute approximate surface area is 114 Å². The fourth-order valence-electron chi connectivity index (χ4n) is 2.15. The first kappa shape index (κ1) is 15.5. The van der Waals surface area contributed by atoms with Crippen LogP contribution in [-0.2, 0) is 0 Å². The van der Waals surface area contributed by atoms with Gasteiger partial charge in [-0.25, -0.2) is 4.39 Å². The van der Waals surface area contributed by atoms with Crippen LogP contribution in [0.1, 0.15) is 38.9 Å². The van der Waals surface area contributed by atoms with Gasteiger partial charge in [-0.3, -0.25) is 0 Å². The number of rotatable bonds is 6. The molecule has 1 N–H and O–H groups in total. The predicted molar refractivity (Wildman–Crippen MR) is 74.3 cm³/mol. The summed E-state index contributed by atoms with van der Waals surface area (Å²) in [5, 5.41) is 18.5. The van der Waals surface area contributed by atoms with Crippen molar-refractivity contribution in [2.75, 3.05) is 18.0 Å². The van der Waals surface area contributed by atoms with E-state index < -0.39 is 11.9 Å². The SMILES string of the molecule is CC(C)CN(CCC#N)c1cccc(F)c1[C@H](C)O. The Kier molecular flexibility index (Phi) is 5.78. The van der Waals surface area contributed by atoms with Gasteiger partial charge in [-0.15, -0.1) is 0 Å². The Balaban J connectivity index is 3.14. The van der Waals surface area contributed by atoms with Crippen molar-refractivity contribution in [3.05, 3.63) is 29.6 Å². The highest BCUT2D eigenvalue weighted by Crippen LogP contribution is 2.29. The van der Waals surface area contributed by atoms with E-state index in [-0.39, 0.29) is 0 Å². The van der Waals surface area contributed by atoms with Crippen LogP contribution in [0.3, 0.4) is 0 Å². The zero-order valence-electron chi connectivity index (χ0n) is 11.7. The second-order valence-corrected chi connectivity index (χ2v) is 5.10. The molecule has 0 aliphatic heterocycles. The molecule has 104 valence electrons. The molecule has 3 nitrogen and oxygen atoms in total. The first-order chi connectivity index (χ1) is 8.97. The first-order valence-corrected chi connectivity index (χ1v) is 6.55. The summed E-state index contributed by atoms with van der Waals surface area (Å²) in [6, 6.07) is 6.89. The van der Waals surface area contributed by atoms with Crippen LogP contribution in [0.15, 0.2) is 18.2 Å². The molecule has 0 bridgehead atoms. The summed E-state index contributed by atoms with van der Waals surface area (Å²) in [6.07, 6.45) is -0.490. The lowest BCUT2D eigenvalue weighted by Gasteiger charge is -2.29. The van der Waals surface area contributed by atoms with Crippen LogP contribution in [0, 0.1) is 23.1 Å². The minimum absolute atomic E-state index is 0.307. The van der Waals surface area contributed by atoms with E-state index in [1.807, 2.05) is 4.90 Å². The van der Waals surface area contributed by atoms with Gasteiger partial charge in [-0.1, -0.05) is 19.9 Å². The van der Waals surface area contributed by atoms with Gasteiger partial charge in [0.05, 0.1) is 18.6 Å². The van der Waals surface area contributed by atoms with E-state index in [1.54, 1.807) is 19.1 Å². The molecule has 0 saturated heterocycles. The Hall–Kier alpha value is -1.60. The maximum Gasteiger partial charge on any atom is 0.131 e. The van der Waals surface area contributed by atoms with Crippen molar-refractivity contribution in [2.24, 2.45) is 5.92 Å². The summed E-state index contributed by atoms with van der Waals surface area (Å²) in [7, 11) is 0. The Morgan fingerprint density at radius 2 is 2.05 bits per heavy atom. The largest absolute Gasteiger partial charge is 0.389 e. The number of benzene rings is 1. The van der Waals surface area contributed by atoms with Crippen LogP contribution in [0.25, 0.3) is 0 Å². The Bertz CT molecular complexity index is 452. The predicted octanol–water partition coefficient (Wildman–Crippen LogP) is 3.26. The maximum absolute atomic E-state index is 13.9. The van der Waals surface area contributed by atoms with Crippen LogP contribution in [0.2, 0.25) is 0 Å². The molecule has 0 fully saturated rings. The quantitative estimate of drug-likeness (QED) is 0.858. The van der Waals surface area contributed by atoms with Gasteiger partial charge in [0.2, 0.25) is 0 Å². The molecule has 0 saturated carbocycles. The van der Waals surface area contributed by atoms with Crippen molar-refractivity contribution in [3.8, 4) is 6.07 Å². The number of hydrogen-bond acceptors (Lipinski definition) is 3. The normalized spacial score (nSPS) is 12.3. The van der Waals surface area contributed by atoms with Gasteiger partial charge in [0.25, 0.3) is 0 Å². The summed E-state index contributed by atoms with van der Waals surface area (Å²) in [4.78, 5) is 1.97. The van der Waals surface area contributed by atoms with Gasteiger partial charge in [-0.05, 0) is 25.0 Å². The van der Waals surface area contributed by atoms with Crippen molar-refractivity contribution in [1.82, 2.24) is 0 Å². The number of anilines is 1. The van der Waals surface area contributed by atoms with E-state index in [9.17, 15) is 9.50 Å². The van der Waals surface area contributed by atoms with Gasteiger partial charge in [-0.2, -0.15) is 5.26 Å². The minimum atomic E-state index is -0.868. The lowest BCUT2D eigenvalue weighted by atomic mass is 10.0. The summed E-state index contributed by atoms with van der Waals surface area (Å²) in [6.45, 7) is 6.96. The van der Waals surface area contributed by atoms with E-state index in [4.69, 9.17) is 5.26 Å². The van der Waals surface area contributed by atoms with E-state index in [1.165, 1.54) is 6.07 Å². The molecule has 1 aromatic rings. The molecule has 1 rings (SSSR count). The van der Waals surface area contributed by atoms with Gasteiger partial charge < -0.3 is 10.0 Å². The molecular formula is C15H21FN2O. The van der Waals surface area contributed by atoms with E-state index >= 15 is 0 Å². The average molecular weight is 264 g/mol. The number of halogens is 1. The topological polar surface area (TPSA) is 47.3 Å². The lowest BCUT2D eigenvalue weighted by Crippen LogP contribution is -2.30. The van der Waals surface area contributed by atoms with Gasteiger partial charge in [0, 0.05) is 24.3 Å². The fourth-order valence-corrected chi connectivity index (χ4v) is 2.15. The molecule has 19 heavy (non-hydrogen) atoms. The maximum atomic E-state index is 13.9. The molecule has 4 heteroatoms. The second kappa shape index (κ2) is 7.10. The number of aliphatic hydroxyl groups excluding tert-OH is 1. The summed E-state index contributed by atoms with van der Waals surface area (Å²) in [5.74, 6) is -0.0120. The third kappa shape index (κ3) is 4.22. The lowest BCUT2D eigenvalue weighted by molar-refractivity contribution is 0.194. The van der Waals surface area contributed by atoms with Crippen molar-refractivity contribution < 1.29 is 9.50 Å². The van der Waals surface area contributed by atoms with Gasteiger partial charge in [0.1, 0.15) is 5.82 Å². The third-order valence-corrected chi connectivity index (χ3v) is 2.87. The molecule has 0 aliphatic carbocycles. The smallest absolute Gasteiger partial charge is 0.131 e. The molecular weight excluding hydrogens is 243 g/mol. The van der Waals surface area contributed by atoms with Crippen LogP contribution in [0.4, 0.5) is 10.1 Å². The average Bonchev–Trinajstić information content (AvgIpc) is 2.33. The highest BCUT2D eigenvalue weighted by molar-refractivity contribution is 5.55.